The number of rotatable bonds is 3. The molecular formula is C20H34N2O5. The Morgan fingerprint density at radius 1 is 1.15 bits per heavy atom. The summed E-state index contributed by atoms with van der Waals surface area (Å²) in [6, 6.07) is -1.72. The molecule has 2 fully saturated rings. The Labute approximate surface area is 161 Å². The van der Waals surface area contributed by atoms with Gasteiger partial charge in [0.05, 0.1) is 0 Å². The third-order valence-electron chi connectivity index (χ3n) is 5.62. The van der Waals surface area contributed by atoms with Gasteiger partial charge in [0, 0.05) is 6.54 Å². The Kier molecular flexibility index (Phi) is 5.32. The van der Waals surface area contributed by atoms with Gasteiger partial charge in [0.15, 0.2) is 0 Å². The summed E-state index contributed by atoms with van der Waals surface area (Å²) in [6.07, 6.45) is 0.232. The van der Waals surface area contributed by atoms with E-state index in [1.54, 1.807) is 20.8 Å². The van der Waals surface area contributed by atoms with Gasteiger partial charge in [0.25, 0.3) is 0 Å². The number of carboxylic acid groups (broad SMARTS) is 1. The number of nitrogens with one attached hydrogen (secondary N) is 1. The monoisotopic (exact) mass is 382 g/mol. The minimum absolute atomic E-state index is 0.0545. The minimum Gasteiger partial charge on any atom is -0.480 e. The molecule has 0 bridgehead atoms. The molecule has 1 aliphatic carbocycles. The zero-order valence-electron chi connectivity index (χ0n) is 17.8. The van der Waals surface area contributed by atoms with E-state index in [9.17, 15) is 19.5 Å². The number of hydrogen-bond donors (Lipinski definition) is 2. The molecule has 1 saturated heterocycles. The first-order valence-corrected chi connectivity index (χ1v) is 9.57. The number of ether oxygens (including phenoxy) is 1. The molecule has 4 atom stereocenters. The highest BCUT2D eigenvalue weighted by Gasteiger charge is 2.61. The standard InChI is InChI=1S/C20H34N2O5/c1-18(2,3)14(21-17(26)27-19(4,5)6)15(23)22-10-11-9-20(7,8)12(11)13(22)16(24)25/h11-14H,9-10H2,1-8H3,(H,21,26)(H,24,25)/t11?,12-,13-,14+/m0/s1. The van der Waals surface area contributed by atoms with Crippen LogP contribution in [0.5, 0.6) is 0 Å². The van der Waals surface area contributed by atoms with E-state index in [1.165, 1.54) is 4.90 Å². The lowest BCUT2D eigenvalue weighted by Gasteiger charge is -2.48. The molecule has 7 heteroatoms. The van der Waals surface area contributed by atoms with Crippen molar-refractivity contribution >= 4 is 18.0 Å². The Hall–Kier alpha value is -1.79. The van der Waals surface area contributed by atoms with Crippen molar-refractivity contribution in [2.45, 2.75) is 79.5 Å². The third-order valence-corrected chi connectivity index (χ3v) is 5.62. The first kappa shape index (κ1) is 21.5. The Morgan fingerprint density at radius 3 is 2.11 bits per heavy atom. The molecule has 0 spiro atoms. The summed E-state index contributed by atoms with van der Waals surface area (Å²) in [5.41, 5.74) is -1.37. The predicted molar refractivity (Wildman–Crippen MR) is 101 cm³/mol. The lowest BCUT2D eigenvalue weighted by atomic mass is 9.55. The Morgan fingerprint density at radius 2 is 1.70 bits per heavy atom. The number of carboxylic acids is 1. The van der Waals surface area contributed by atoms with Crippen molar-refractivity contribution in [3.8, 4) is 0 Å². The molecule has 154 valence electrons. The van der Waals surface area contributed by atoms with Crippen molar-refractivity contribution in [1.29, 1.82) is 0 Å². The second kappa shape index (κ2) is 6.67. The molecule has 0 radical (unpaired) electrons. The van der Waals surface area contributed by atoms with Gasteiger partial charge in [0.2, 0.25) is 5.91 Å². The highest BCUT2D eigenvalue weighted by Crippen LogP contribution is 2.57. The smallest absolute Gasteiger partial charge is 0.408 e. The molecule has 27 heavy (non-hydrogen) atoms. The number of carbonyl (C=O) groups excluding carboxylic acids is 2. The van der Waals surface area contributed by atoms with E-state index in [0.717, 1.165) is 6.42 Å². The molecule has 0 aromatic carbocycles. The summed E-state index contributed by atoms with van der Waals surface area (Å²) < 4.78 is 5.30. The van der Waals surface area contributed by atoms with Crippen molar-refractivity contribution in [1.82, 2.24) is 10.2 Å². The molecule has 7 nitrogen and oxygen atoms in total. The van der Waals surface area contributed by atoms with E-state index >= 15 is 0 Å². The SMILES string of the molecule is CC(C)(C)OC(=O)N[C@H](C(=O)N1CC2CC(C)(C)[C@@H]2[C@H]1C(=O)O)C(C)(C)C. The molecule has 2 aliphatic rings. The topological polar surface area (TPSA) is 95.9 Å². The second-order valence-electron chi connectivity index (χ2n) is 10.7. The Balaban J connectivity index is 2.25. The molecule has 1 saturated carbocycles. The molecule has 1 aliphatic heterocycles. The molecular weight excluding hydrogens is 348 g/mol. The molecule has 1 heterocycles. The second-order valence-corrected chi connectivity index (χ2v) is 10.7. The average molecular weight is 383 g/mol. The lowest BCUT2D eigenvalue weighted by molar-refractivity contribution is -0.154. The van der Waals surface area contributed by atoms with Crippen LogP contribution in [0.2, 0.25) is 0 Å². The zero-order valence-corrected chi connectivity index (χ0v) is 17.8. The fourth-order valence-electron chi connectivity index (χ4n) is 4.59. The van der Waals surface area contributed by atoms with Gasteiger partial charge < -0.3 is 20.1 Å². The lowest BCUT2D eigenvalue weighted by Crippen LogP contribution is -2.58. The summed E-state index contributed by atoms with van der Waals surface area (Å²) in [6.45, 7) is 15.3. The van der Waals surface area contributed by atoms with Crippen molar-refractivity contribution in [2.24, 2.45) is 22.7 Å². The van der Waals surface area contributed by atoms with Gasteiger partial charge in [-0.15, -0.1) is 0 Å². The maximum Gasteiger partial charge on any atom is 0.408 e. The number of amides is 2. The van der Waals surface area contributed by atoms with Gasteiger partial charge >= 0.3 is 12.1 Å². The van der Waals surface area contributed by atoms with Crippen LogP contribution in [-0.2, 0) is 14.3 Å². The first-order valence-electron chi connectivity index (χ1n) is 9.57. The van der Waals surface area contributed by atoms with Crippen LogP contribution in [-0.4, -0.2) is 52.2 Å². The maximum atomic E-state index is 13.3. The minimum atomic E-state index is -0.978. The fourth-order valence-corrected chi connectivity index (χ4v) is 4.59. The predicted octanol–water partition coefficient (Wildman–Crippen LogP) is 2.88. The summed E-state index contributed by atoms with van der Waals surface area (Å²) >= 11 is 0. The summed E-state index contributed by atoms with van der Waals surface area (Å²) in [4.78, 5) is 39.0. The number of fused-ring (bicyclic) bond motifs is 1. The van der Waals surface area contributed by atoms with Crippen LogP contribution in [0, 0.1) is 22.7 Å². The number of carbonyl (C=O) groups is 3. The van der Waals surface area contributed by atoms with E-state index in [1.807, 2.05) is 20.8 Å². The zero-order chi connectivity index (χ0) is 20.9. The van der Waals surface area contributed by atoms with Crippen molar-refractivity contribution in [2.75, 3.05) is 6.54 Å². The number of hydrogen-bond acceptors (Lipinski definition) is 4. The van der Waals surface area contributed by atoms with Gasteiger partial charge in [-0.1, -0.05) is 34.6 Å². The highest BCUT2D eigenvalue weighted by molar-refractivity contribution is 5.91. The molecule has 0 aromatic heterocycles. The third kappa shape index (κ3) is 4.38. The van der Waals surface area contributed by atoms with Crippen LogP contribution in [0.25, 0.3) is 0 Å². The normalized spacial score (nSPS) is 28.0. The fraction of sp³-hybridized carbons (Fsp3) is 0.850. The van der Waals surface area contributed by atoms with Gasteiger partial charge in [0.1, 0.15) is 17.7 Å². The molecule has 0 aromatic rings. The summed E-state index contributed by atoms with van der Waals surface area (Å²) in [7, 11) is 0. The molecule has 2 rings (SSSR count). The van der Waals surface area contributed by atoms with Gasteiger partial charge in [-0.2, -0.15) is 0 Å². The average Bonchev–Trinajstić information content (AvgIpc) is 2.76. The van der Waals surface area contributed by atoms with Crippen LogP contribution >= 0.6 is 0 Å². The first-order chi connectivity index (χ1) is 12.0. The van der Waals surface area contributed by atoms with E-state index in [4.69, 9.17) is 4.74 Å². The van der Waals surface area contributed by atoms with E-state index < -0.39 is 35.2 Å². The van der Waals surface area contributed by atoms with Gasteiger partial charge in [-0.05, 0) is 49.9 Å². The Bertz CT molecular complexity index is 629. The number of nitrogens with zero attached hydrogens (tertiary/aromatic N) is 1. The van der Waals surface area contributed by atoms with Crippen LogP contribution in [0.3, 0.4) is 0 Å². The van der Waals surface area contributed by atoms with Crippen LogP contribution in [0.15, 0.2) is 0 Å². The largest absolute Gasteiger partial charge is 0.480 e. The van der Waals surface area contributed by atoms with Gasteiger partial charge in [-0.3, -0.25) is 4.79 Å². The number of aliphatic carboxylic acids is 1. The van der Waals surface area contributed by atoms with Crippen molar-refractivity contribution in [3.05, 3.63) is 0 Å². The number of likely N-dealkylation sites (tertiary alicyclic amines) is 1. The number of alkyl carbamates (subject to hydrolysis) is 1. The molecule has 2 amide bonds. The summed E-state index contributed by atoms with van der Waals surface area (Å²) in [5, 5.41) is 12.5. The van der Waals surface area contributed by atoms with Crippen LogP contribution < -0.4 is 5.32 Å². The molecule has 1 unspecified atom stereocenters. The van der Waals surface area contributed by atoms with Gasteiger partial charge in [-0.25, -0.2) is 9.59 Å². The van der Waals surface area contributed by atoms with E-state index in [2.05, 4.69) is 19.2 Å². The van der Waals surface area contributed by atoms with E-state index in [-0.39, 0.29) is 23.2 Å². The highest BCUT2D eigenvalue weighted by atomic mass is 16.6. The maximum absolute atomic E-state index is 13.3. The van der Waals surface area contributed by atoms with E-state index in [0.29, 0.717) is 6.54 Å². The van der Waals surface area contributed by atoms with Crippen LogP contribution in [0.4, 0.5) is 4.79 Å². The summed E-state index contributed by atoms with van der Waals surface area (Å²) in [5.74, 6) is -1.19. The van der Waals surface area contributed by atoms with Crippen molar-refractivity contribution in [3.63, 3.8) is 0 Å². The van der Waals surface area contributed by atoms with Crippen LogP contribution in [0.1, 0.15) is 61.8 Å². The molecule has 2 N–H and O–H groups in total. The quantitative estimate of drug-likeness (QED) is 0.782. The van der Waals surface area contributed by atoms with Crippen molar-refractivity contribution < 1.29 is 24.2 Å².